The van der Waals surface area contributed by atoms with Crippen molar-refractivity contribution in [1.29, 1.82) is 0 Å². The van der Waals surface area contributed by atoms with Crippen molar-refractivity contribution in [3.05, 3.63) is 30.1 Å². The third-order valence-electron chi connectivity index (χ3n) is 1.45. The molecule has 0 aliphatic carbocycles. The number of nitrogens with zero attached hydrogens (tertiary/aromatic N) is 1. The van der Waals surface area contributed by atoms with E-state index >= 15 is 0 Å². The van der Waals surface area contributed by atoms with Crippen LogP contribution < -0.4 is 5.48 Å². The topological polar surface area (TPSA) is 60.5 Å². The molecule has 1 aromatic heterocycles. The van der Waals surface area contributed by atoms with Crippen LogP contribution in [-0.4, -0.2) is 16.7 Å². The third kappa shape index (κ3) is 5.31. The summed E-state index contributed by atoms with van der Waals surface area (Å²) in [5, 5.41) is 0. The summed E-state index contributed by atoms with van der Waals surface area (Å²) in [6.07, 6.45) is 3.72. The lowest BCUT2D eigenvalue weighted by Crippen LogP contribution is -2.32. The van der Waals surface area contributed by atoms with Crippen LogP contribution in [0.3, 0.4) is 0 Å². The van der Waals surface area contributed by atoms with Crippen LogP contribution in [0.4, 0.5) is 4.79 Å². The zero-order valence-electron chi connectivity index (χ0n) is 9.61. The Kier molecular flexibility index (Phi) is 4.25. The van der Waals surface area contributed by atoms with E-state index in [1.165, 1.54) is 0 Å². The molecule has 1 heterocycles. The van der Waals surface area contributed by atoms with Gasteiger partial charge < -0.3 is 4.74 Å². The third-order valence-corrected chi connectivity index (χ3v) is 1.45. The molecule has 1 aromatic rings. The van der Waals surface area contributed by atoms with Gasteiger partial charge in [-0.25, -0.2) is 4.79 Å². The molecule has 0 bridgehead atoms. The molecule has 5 heteroatoms. The first-order chi connectivity index (χ1) is 7.47. The Bertz CT molecular complexity index is 333. The Morgan fingerprint density at radius 3 is 2.88 bits per heavy atom. The number of rotatable bonds is 3. The van der Waals surface area contributed by atoms with Crippen LogP contribution in [0, 0.1) is 6.20 Å². The summed E-state index contributed by atoms with van der Waals surface area (Å²) >= 11 is 0. The first-order valence-electron chi connectivity index (χ1n) is 4.90. The predicted octanol–water partition coefficient (Wildman–Crippen LogP) is 1.84. The van der Waals surface area contributed by atoms with Gasteiger partial charge >= 0.3 is 6.09 Å². The Labute approximate surface area is 94.7 Å². The first-order valence-corrected chi connectivity index (χ1v) is 4.90. The molecule has 0 aliphatic rings. The number of hydrogen-bond donors (Lipinski definition) is 1. The highest BCUT2D eigenvalue weighted by molar-refractivity contribution is 5.66. The maximum Gasteiger partial charge on any atom is 0.431 e. The van der Waals surface area contributed by atoms with Crippen molar-refractivity contribution in [2.24, 2.45) is 0 Å². The molecule has 0 aromatic carbocycles. The molecule has 1 radical (unpaired) electrons. The van der Waals surface area contributed by atoms with Crippen molar-refractivity contribution in [3.8, 4) is 0 Å². The molecule has 0 fully saturated rings. The monoisotopic (exact) mass is 223 g/mol. The zero-order valence-corrected chi connectivity index (χ0v) is 9.61. The number of hydroxylamine groups is 1. The summed E-state index contributed by atoms with van der Waals surface area (Å²) in [7, 11) is 0. The molecule has 0 saturated heterocycles. The van der Waals surface area contributed by atoms with Crippen LogP contribution in [0.15, 0.2) is 18.3 Å². The Morgan fingerprint density at radius 2 is 2.31 bits per heavy atom. The summed E-state index contributed by atoms with van der Waals surface area (Å²) in [5.74, 6) is 0. The minimum Gasteiger partial charge on any atom is -0.442 e. The molecular formula is C11H15N2O3. The summed E-state index contributed by atoms with van der Waals surface area (Å²) in [6.45, 7) is 5.54. The van der Waals surface area contributed by atoms with Gasteiger partial charge in [0.25, 0.3) is 0 Å². The van der Waals surface area contributed by atoms with Crippen LogP contribution in [-0.2, 0) is 16.2 Å². The van der Waals surface area contributed by atoms with Gasteiger partial charge in [-0.3, -0.25) is 9.82 Å². The van der Waals surface area contributed by atoms with Crippen LogP contribution in [0.1, 0.15) is 26.3 Å². The van der Waals surface area contributed by atoms with Gasteiger partial charge in [-0.15, -0.1) is 0 Å². The predicted molar refractivity (Wildman–Crippen MR) is 57.2 cm³/mol. The molecule has 1 rings (SSSR count). The number of aromatic nitrogens is 1. The lowest BCUT2D eigenvalue weighted by Gasteiger charge is -2.19. The summed E-state index contributed by atoms with van der Waals surface area (Å²) in [6, 6.07) is 3.56. The molecule has 16 heavy (non-hydrogen) atoms. The van der Waals surface area contributed by atoms with Crippen molar-refractivity contribution in [1.82, 2.24) is 10.5 Å². The largest absolute Gasteiger partial charge is 0.442 e. The van der Waals surface area contributed by atoms with Crippen molar-refractivity contribution < 1.29 is 14.4 Å². The van der Waals surface area contributed by atoms with Gasteiger partial charge in [0.2, 0.25) is 0 Å². The second kappa shape index (κ2) is 5.46. The van der Waals surface area contributed by atoms with Crippen LogP contribution in [0.5, 0.6) is 0 Å². The lowest BCUT2D eigenvalue weighted by atomic mass is 10.2. The minimum atomic E-state index is -0.614. The van der Waals surface area contributed by atoms with E-state index in [-0.39, 0.29) is 6.61 Å². The van der Waals surface area contributed by atoms with Crippen molar-refractivity contribution in [2.75, 3.05) is 0 Å². The Balaban J connectivity index is 2.24. The fraction of sp³-hybridized carbons (Fsp3) is 0.455. The highest BCUT2D eigenvalue weighted by atomic mass is 16.7. The standard InChI is InChI=1S/C11H15N2O3/c1-11(2,3)16-10(14)13-15-8-9-5-4-6-12-7-9/h4-6H,8H2,1-3H3,(H,13,14). The number of ether oxygens (including phenoxy) is 1. The molecule has 0 atom stereocenters. The second-order valence-corrected chi connectivity index (χ2v) is 4.17. The number of amides is 1. The quantitative estimate of drug-likeness (QED) is 0.794. The van der Waals surface area contributed by atoms with Gasteiger partial charge in [0, 0.05) is 11.8 Å². The fourth-order valence-electron chi connectivity index (χ4n) is 0.912. The molecule has 5 nitrogen and oxygen atoms in total. The molecule has 0 unspecified atom stereocenters. The normalized spacial score (nSPS) is 10.9. The van der Waals surface area contributed by atoms with E-state index in [0.29, 0.717) is 0 Å². The molecule has 1 amide bonds. The second-order valence-electron chi connectivity index (χ2n) is 4.17. The van der Waals surface area contributed by atoms with Crippen molar-refractivity contribution in [3.63, 3.8) is 0 Å². The Morgan fingerprint density at radius 1 is 1.56 bits per heavy atom. The average Bonchev–Trinajstić information content (AvgIpc) is 2.16. The summed E-state index contributed by atoms with van der Waals surface area (Å²) in [5.41, 5.74) is 2.39. The maximum absolute atomic E-state index is 11.2. The molecular weight excluding hydrogens is 208 g/mol. The molecule has 0 saturated carbocycles. The van der Waals surface area contributed by atoms with E-state index in [4.69, 9.17) is 9.57 Å². The van der Waals surface area contributed by atoms with Crippen LogP contribution >= 0.6 is 0 Å². The highest BCUT2D eigenvalue weighted by Crippen LogP contribution is 2.06. The molecule has 0 aliphatic heterocycles. The molecule has 0 spiro atoms. The van der Waals surface area contributed by atoms with E-state index in [1.807, 2.05) is 0 Å². The smallest absolute Gasteiger partial charge is 0.431 e. The number of pyridine rings is 1. The van der Waals surface area contributed by atoms with E-state index in [2.05, 4.69) is 16.7 Å². The highest BCUT2D eigenvalue weighted by Gasteiger charge is 2.15. The zero-order chi connectivity index (χ0) is 12.0. The molecule has 87 valence electrons. The van der Waals surface area contributed by atoms with E-state index in [0.717, 1.165) is 5.56 Å². The average molecular weight is 223 g/mol. The van der Waals surface area contributed by atoms with Crippen molar-refractivity contribution >= 4 is 6.09 Å². The van der Waals surface area contributed by atoms with Crippen LogP contribution in [0.2, 0.25) is 0 Å². The van der Waals surface area contributed by atoms with E-state index in [1.54, 1.807) is 39.1 Å². The van der Waals surface area contributed by atoms with Crippen LogP contribution in [0.25, 0.3) is 0 Å². The Hall–Kier alpha value is -1.62. The van der Waals surface area contributed by atoms with Gasteiger partial charge in [-0.05, 0) is 26.8 Å². The van der Waals surface area contributed by atoms with Gasteiger partial charge in [-0.1, -0.05) is 6.07 Å². The SMILES string of the molecule is CC(C)(C)OC(=O)NOCc1[c]nccc1. The van der Waals surface area contributed by atoms with Gasteiger partial charge in [0.05, 0.1) is 6.20 Å². The first kappa shape index (κ1) is 12.4. The maximum atomic E-state index is 11.2. The van der Waals surface area contributed by atoms with E-state index in [9.17, 15) is 4.79 Å². The number of carbonyl (C=O) groups is 1. The lowest BCUT2D eigenvalue weighted by molar-refractivity contribution is -0.0138. The minimum absolute atomic E-state index is 0.201. The van der Waals surface area contributed by atoms with Gasteiger partial charge in [-0.2, -0.15) is 5.48 Å². The van der Waals surface area contributed by atoms with E-state index < -0.39 is 11.7 Å². The fourth-order valence-corrected chi connectivity index (χ4v) is 0.912. The summed E-state index contributed by atoms with van der Waals surface area (Å²) in [4.78, 5) is 19.9. The van der Waals surface area contributed by atoms with Crippen molar-refractivity contribution in [2.45, 2.75) is 33.0 Å². The van der Waals surface area contributed by atoms with Gasteiger partial charge in [0.15, 0.2) is 0 Å². The number of carbonyl (C=O) groups excluding carboxylic acids is 1. The summed E-state index contributed by atoms with van der Waals surface area (Å²) < 4.78 is 4.97. The molecule has 1 N–H and O–H groups in total. The number of hydrogen-bond acceptors (Lipinski definition) is 4. The number of nitrogens with one attached hydrogen (secondary N) is 1. The van der Waals surface area contributed by atoms with Gasteiger partial charge in [0.1, 0.15) is 12.2 Å².